The molecule has 0 aliphatic carbocycles. The van der Waals surface area contributed by atoms with Crippen molar-refractivity contribution in [2.75, 3.05) is 21.0 Å². The lowest BCUT2D eigenvalue weighted by Crippen LogP contribution is -2.35. The minimum absolute atomic E-state index is 0.145. The van der Waals surface area contributed by atoms with Crippen molar-refractivity contribution in [2.24, 2.45) is 0 Å². The van der Waals surface area contributed by atoms with Crippen molar-refractivity contribution in [3.63, 3.8) is 0 Å². The largest absolute Gasteiger partial charge is 0.491 e. The van der Waals surface area contributed by atoms with Gasteiger partial charge in [-0.25, -0.2) is 4.85 Å². The molecule has 0 aliphatic rings. The monoisotopic (exact) mass is 327 g/mol. The fourth-order valence-electron chi connectivity index (χ4n) is 2.10. The van der Waals surface area contributed by atoms with Crippen LogP contribution in [0, 0.1) is 6.57 Å². The van der Waals surface area contributed by atoms with Crippen molar-refractivity contribution in [3.05, 3.63) is 59.4 Å². The second kappa shape index (κ2) is 9.06. The second-order valence-corrected chi connectivity index (χ2v) is 4.91. The molecule has 124 valence electrons. The van der Waals surface area contributed by atoms with Crippen molar-refractivity contribution in [2.45, 2.75) is 6.61 Å². The molecule has 0 amide bonds. The lowest BCUT2D eigenvalue weighted by Gasteiger charge is -2.14. The minimum Gasteiger partial charge on any atom is -0.457 e. The molecule has 0 aliphatic heterocycles. The maximum Gasteiger partial charge on any atom is 0.491 e. The van der Waals surface area contributed by atoms with E-state index >= 15 is 0 Å². The highest BCUT2D eigenvalue weighted by Crippen LogP contribution is 2.24. The summed E-state index contributed by atoms with van der Waals surface area (Å²) in [5, 5.41) is 9.93. The molecule has 24 heavy (non-hydrogen) atoms. The van der Waals surface area contributed by atoms with Gasteiger partial charge in [0, 0.05) is 14.2 Å². The first kappa shape index (κ1) is 18.0. The Kier molecular flexibility index (Phi) is 6.79. The van der Waals surface area contributed by atoms with Gasteiger partial charge in [-0.3, -0.25) is 0 Å². The van der Waals surface area contributed by atoms with Gasteiger partial charge in [0.25, 0.3) is 0 Å². The molecule has 0 bridgehead atoms. The van der Waals surface area contributed by atoms with Gasteiger partial charge >= 0.3 is 7.12 Å². The molecule has 0 saturated carbocycles. The Morgan fingerprint density at radius 2 is 1.79 bits per heavy atom. The molecular formula is C17H18BNO5. The first-order valence-electron chi connectivity index (χ1n) is 7.23. The summed E-state index contributed by atoms with van der Waals surface area (Å²) in [6.07, 6.45) is 0. The maximum atomic E-state index is 9.93. The summed E-state index contributed by atoms with van der Waals surface area (Å²) >= 11 is 0. The Hall–Kier alpha value is -2.37. The van der Waals surface area contributed by atoms with E-state index in [1.165, 1.54) is 14.2 Å². The van der Waals surface area contributed by atoms with Crippen LogP contribution in [0.15, 0.2) is 42.5 Å². The third kappa shape index (κ3) is 4.81. The predicted octanol–water partition coefficient (Wildman–Crippen LogP) is 2.48. The van der Waals surface area contributed by atoms with Crippen LogP contribution in [0.3, 0.4) is 0 Å². The summed E-state index contributed by atoms with van der Waals surface area (Å²) in [4.78, 5) is 3.34. The SMILES string of the molecule is [C-]#[N+]c1ccc(Oc2ccc(B(O)OC)c(COCOC)c2)cc1. The lowest BCUT2D eigenvalue weighted by molar-refractivity contribution is -0.0389. The van der Waals surface area contributed by atoms with Crippen LogP contribution in [0.5, 0.6) is 11.5 Å². The molecule has 0 atom stereocenters. The number of methoxy groups -OCH3 is 1. The number of benzene rings is 2. The summed E-state index contributed by atoms with van der Waals surface area (Å²) in [6.45, 7) is 7.34. The van der Waals surface area contributed by atoms with Crippen molar-refractivity contribution in [1.82, 2.24) is 0 Å². The number of hydrogen-bond acceptors (Lipinski definition) is 5. The first-order valence-corrected chi connectivity index (χ1v) is 7.23. The van der Waals surface area contributed by atoms with Crippen molar-refractivity contribution in [1.29, 1.82) is 0 Å². The molecule has 6 nitrogen and oxygen atoms in total. The van der Waals surface area contributed by atoms with Crippen LogP contribution in [0.2, 0.25) is 0 Å². The van der Waals surface area contributed by atoms with Crippen LogP contribution >= 0.6 is 0 Å². The van der Waals surface area contributed by atoms with Crippen LogP contribution in [-0.2, 0) is 20.7 Å². The van der Waals surface area contributed by atoms with Gasteiger partial charge < -0.3 is 23.9 Å². The average molecular weight is 327 g/mol. The standard InChI is InChI=1S/C17H18BNO5/c1-19-14-4-6-15(7-5-14)24-16-8-9-17(18(20)22-3)13(10-16)11-23-12-21-2/h4-10,20H,11-12H2,2-3H3. The Balaban J connectivity index is 2.20. The smallest absolute Gasteiger partial charge is 0.457 e. The summed E-state index contributed by atoms with van der Waals surface area (Å²) in [5.74, 6) is 1.21. The third-order valence-electron chi connectivity index (χ3n) is 3.26. The van der Waals surface area contributed by atoms with Gasteiger partial charge in [0.05, 0.1) is 13.2 Å². The lowest BCUT2D eigenvalue weighted by atomic mass is 9.76. The van der Waals surface area contributed by atoms with E-state index in [1.54, 1.807) is 42.5 Å². The highest BCUT2D eigenvalue weighted by atomic mass is 16.7. The zero-order chi connectivity index (χ0) is 17.4. The van der Waals surface area contributed by atoms with E-state index in [0.29, 0.717) is 22.6 Å². The molecule has 2 aromatic carbocycles. The second-order valence-electron chi connectivity index (χ2n) is 4.91. The van der Waals surface area contributed by atoms with Gasteiger partial charge in [-0.2, -0.15) is 0 Å². The average Bonchev–Trinajstić information content (AvgIpc) is 2.62. The Morgan fingerprint density at radius 1 is 1.08 bits per heavy atom. The molecule has 0 spiro atoms. The molecular weight excluding hydrogens is 309 g/mol. The number of ether oxygens (including phenoxy) is 3. The van der Waals surface area contributed by atoms with Gasteiger partial charge in [-0.05, 0) is 35.3 Å². The van der Waals surface area contributed by atoms with E-state index < -0.39 is 7.12 Å². The van der Waals surface area contributed by atoms with E-state index in [1.807, 2.05) is 0 Å². The zero-order valence-electron chi connectivity index (χ0n) is 13.6. The molecule has 2 rings (SSSR count). The Morgan fingerprint density at radius 3 is 2.42 bits per heavy atom. The van der Waals surface area contributed by atoms with Gasteiger partial charge in [-0.15, -0.1) is 0 Å². The van der Waals surface area contributed by atoms with E-state index in [4.69, 9.17) is 25.4 Å². The minimum atomic E-state index is -1.04. The molecule has 1 N–H and O–H groups in total. The van der Waals surface area contributed by atoms with Gasteiger partial charge in [0.2, 0.25) is 0 Å². The maximum absolute atomic E-state index is 9.93. The molecule has 0 unspecified atom stereocenters. The molecule has 0 fully saturated rings. The van der Waals surface area contributed by atoms with Gasteiger partial charge in [-0.1, -0.05) is 18.2 Å². The summed E-state index contributed by atoms with van der Waals surface area (Å²) < 4.78 is 21.0. The van der Waals surface area contributed by atoms with Crippen LogP contribution in [0.25, 0.3) is 4.85 Å². The number of nitrogens with zero attached hydrogens (tertiary/aromatic N) is 1. The Labute approximate surface area is 141 Å². The third-order valence-corrected chi connectivity index (χ3v) is 3.26. The van der Waals surface area contributed by atoms with Crippen LogP contribution in [-0.4, -0.2) is 33.2 Å². The Bertz CT molecular complexity index is 699. The van der Waals surface area contributed by atoms with Crippen LogP contribution in [0.1, 0.15) is 5.56 Å². The molecule has 0 aromatic heterocycles. The summed E-state index contributed by atoms with van der Waals surface area (Å²) in [7, 11) is 1.92. The van der Waals surface area contributed by atoms with E-state index in [9.17, 15) is 5.02 Å². The zero-order valence-corrected chi connectivity index (χ0v) is 13.6. The summed E-state index contributed by atoms with van der Waals surface area (Å²) in [6, 6.07) is 12.1. The van der Waals surface area contributed by atoms with E-state index in [2.05, 4.69) is 4.85 Å². The first-order chi connectivity index (χ1) is 11.7. The topological polar surface area (TPSA) is 61.5 Å². The molecule has 0 radical (unpaired) electrons. The predicted molar refractivity (Wildman–Crippen MR) is 90.5 cm³/mol. The van der Waals surface area contributed by atoms with E-state index in [-0.39, 0.29) is 13.4 Å². The quantitative estimate of drug-likeness (QED) is 0.349. The molecule has 0 heterocycles. The fourth-order valence-corrected chi connectivity index (χ4v) is 2.10. The van der Waals surface area contributed by atoms with Crippen LogP contribution < -0.4 is 10.2 Å². The highest BCUT2D eigenvalue weighted by molar-refractivity contribution is 6.60. The van der Waals surface area contributed by atoms with Gasteiger partial charge in [0.1, 0.15) is 18.3 Å². The fraction of sp³-hybridized carbons (Fsp3) is 0.235. The van der Waals surface area contributed by atoms with Crippen molar-refractivity contribution in [3.8, 4) is 11.5 Å². The highest BCUT2D eigenvalue weighted by Gasteiger charge is 2.19. The molecule has 0 saturated heterocycles. The summed E-state index contributed by atoms with van der Waals surface area (Å²) in [5.41, 5.74) is 1.88. The van der Waals surface area contributed by atoms with Gasteiger partial charge in [0.15, 0.2) is 5.69 Å². The number of hydrogen-bond donors (Lipinski definition) is 1. The normalized spacial score (nSPS) is 10.2. The van der Waals surface area contributed by atoms with Crippen molar-refractivity contribution < 1.29 is 23.9 Å². The number of rotatable bonds is 8. The van der Waals surface area contributed by atoms with Crippen molar-refractivity contribution >= 4 is 18.3 Å². The van der Waals surface area contributed by atoms with Crippen LogP contribution in [0.4, 0.5) is 5.69 Å². The molecule has 7 heteroatoms. The van der Waals surface area contributed by atoms with E-state index in [0.717, 1.165) is 5.56 Å². The molecule has 2 aromatic rings.